The molecule has 0 spiro atoms. The molecule has 2 fully saturated rings. The fourth-order valence-corrected chi connectivity index (χ4v) is 4.99. The first-order valence-corrected chi connectivity index (χ1v) is 11.5. The van der Waals surface area contributed by atoms with Crippen molar-refractivity contribution in [3.8, 4) is 0 Å². The Labute approximate surface area is 193 Å². The first kappa shape index (κ1) is 20.9. The van der Waals surface area contributed by atoms with Crippen molar-refractivity contribution in [3.63, 3.8) is 0 Å². The Balaban J connectivity index is 1.50. The molecule has 8 nitrogen and oxygen atoms in total. The van der Waals surface area contributed by atoms with Crippen molar-refractivity contribution in [1.29, 1.82) is 0 Å². The molecule has 3 aromatic heterocycles. The third kappa shape index (κ3) is 4.08. The predicted octanol–water partition coefficient (Wildman–Crippen LogP) is 3.28. The SMILES string of the molecule is O=C1C(=Cc2c(NCc3ccco3)nc3ccccn3c2=O)SC(=S)N1CC1CCCO1. The van der Waals surface area contributed by atoms with Gasteiger partial charge in [-0.25, -0.2) is 4.98 Å². The molecule has 32 heavy (non-hydrogen) atoms. The van der Waals surface area contributed by atoms with Crippen LogP contribution >= 0.6 is 24.0 Å². The maximum Gasteiger partial charge on any atom is 0.267 e. The summed E-state index contributed by atoms with van der Waals surface area (Å²) in [5.74, 6) is 0.862. The minimum atomic E-state index is -0.276. The predicted molar refractivity (Wildman–Crippen MR) is 126 cm³/mol. The highest BCUT2D eigenvalue weighted by Crippen LogP contribution is 2.34. The van der Waals surface area contributed by atoms with Crippen molar-refractivity contribution in [2.24, 2.45) is 0 Å². The van der Waals surface area contributed by atoms with Gasteiger partial charge in [0.1, 0.15) is 21.5 Å². The zero-order valence-electron chi connectivity index (χ0n) is 17.0. The number of furan rings is 1. The molecule has 0 radical (unpaired) electrons. The second kappa shape index (κ2) is 8.89. The molecule has 0 bridgehead atoms. The van der Waals surface area contributed by atoms with Crippen LogP contribution in [0, 0.1) is 0 Å². The smallest absolute Gasteiger partial charge is 0.267 e. The lowest BCUT2D eigenvalue weighted by molar-refractivity contribution is -0.123. The van der Waals surface area contributed by atoms with Gasteiger partial charge in [0.25, 0.3) is 11.5 Å². The molecule has 2 aliphatic heterocycles. The number of thiocarbonyl (C=S) groups is 1. The maximum atomic E-state index is 13.3. The van der Waals surface area contributed by atoms with E-state index in [0.29, 0.717) is 46.1 Å². The highest BCUT2D eigenvalue weighted by atomic mass is 32.2. The Bertz CT molecular complexity index is 1260. The summed E-state index contributed by atoms with van der Waals surface area (Å²) in [5.41, 5.74) is 0.516. The van der Waals surface area contributed by atoms with Crippen LogP contribution in [-0.4, -0.2) is 43.8 Å². The Morgan fingerprint density at radius 1 is 1.28 bits per heavy atom. The van der Waals surface area contributed by atoms with E-state index in [9.17, 15) is 9.59 Å². The van der Waals surface area contributed by atoms with Gasteiger partial charge in [0.05, 0.1) is 35.9 Å². The van der Waals surface area contributed by atoms with Gasteiger partial charge in [-0.1, -0.05) is 30.0 Å². The van der Waals surface area contributed by atoms with E-state index < -0.39 is 0 Å². The number of anilines is 1. The van der Waals surface area contributed by atoms with E-state index in [1.807, 2.05) is 12.1 Å². The van der Waals surface area contributed by atoms with Gasteiger partial charge in [-0.15, -0.1) is 0 Å². The Morgan fingerprint density at radius 2 is 2.19 bits per heavy atom. The number of nitrogens with zero attached hydrogens (tertiary/aromatic N) is 3. The molecule has 0 aromatic carbocycles. The van der Waals surface area contributed by atoms with Crippen LogP contribution < -0.4 is 10.9 Å². The van der Waals surface area contributed by atoms with Crippen molar-refractivity contribution < 1.29 is 13.9 Å². The van der Waals surface area contributed by atoms with Crippen molar-refractivity contribution in [1.82, 2.24) is 14.3 Å². The summed E-state index contributed by atoms with van der Waals surface area (Å²) in [4.78, 5) is 32.9. The zero-order valence-corrected chi connectivity index (χ0v) is 18.7. The van der Waals surface area contributed by atoms with Gasteiger partial charge in [-0.05, 0) is 43.2 Å². The number of carbonyl (C=O) groups is 1. The number of pyridine rings is 1. The zero-order chi connectivity index (χ0) is 22.1. The van der Waals surface area contributed by atoms with Crippen LogP contribution in [0.5, 0.6) is 0 Å². The normalized spacial score (nSPS) is 20.1. The molecule has 2 aliphatic rings. The van der Waals surface area contributed by atoms with Crippen molar-refractivity contribution in [3.05, 3.63) is 69.4 Å². The van der Waals surface area contributed by atoms with Crippen LogP contribution in [0.2, 0.25) is 0 Å². The van der Waals surface area contributed by atoms with Gasteiger partial charge in [0.2, 0.25) is 0 Å². The highest BCUT2D eigenvalue weighted by Gasteiger charge is 2.35. The number of carbonyl (C=O) groups excluding carboxylic acids is 1. The molecule has 3 aromatic rings. The summed E-state index contributed by atoms with van der Waals surface area (Å²) >= 11 is 6.63. The summed E-state index contributed by atoms with van der Waals surface area (Å²) in [6.45, 7) is 1.49. The lowest BCUT2D eigenvalue weighted by Crippen LogP contribution is -2.35. The molecule has 1 N–H and O–H groups in total. The molecule has 5 heterocycles. The molecule has 2 saturated heterocycles. The number of hydrogen-bond donors (Lipinski definition) is 1. The number of nitrogens with one attached hydrogen (secondary N) is 1. The lowest BCUT2D eigenvalue weighted by Gasteiger charge is -2.18. The van der Waals surface area contributed by atoms with E-state index >= 15 is 0 Å². The average Bonchev–Trinajstić information content (AvgIpc) is 3.55. The monoisotopic (exact) mass is 468 g/mol. The van der Waals surface area contributed by atoms with E-state index in [4.69, 9.17) is 21.4 Å². The van der Waals surface area contributed by atoms with E-state index in [1.54, 1.807) is 41.6 Å². The average molecular weight is 469 g/mol. The number of rotatable bonds is 6. The molecule has 1 unspecified atom stereocenters. The van der Waals surface area contributed by atoms with E-state index in [-0.39, 0.29) is 23.1 Å². The Kier molecular flexibility index (Phi) is 5.81. The van der Waals surface area contributed by atoms with Crippen molar-refractivity contribution in [2.75, 3.05) is 18.5 Å². The molecule has 5 rings (SSSR count). The van der Waals surface area contributed by atoms with Gasteiger partial charge in [0, 0.05) is 12.8 Å². The van der Waals surface area contributed by atoms with Gasteiger partial charge in [0.15, 0.2) is 0 Å². The second-order valence-corrected chi connectivity index (χ2v) is 9.14. The fraction of sp³-hybridized carbons (Fsp3) is 0.273. The van der Waals surface area contributed by atoms with Crippen LogP contribution in [-0.2, 0) is 16.1 Å². The van der Waals surface area contributed by atoms with E-state index in [1.165, 1.54) is 16.2 Å². The minimum Gasteiger partial charge on any atom is -0.467 e. The van der Waals surface area contributed by atoms with Crippen LogP contribution in [0.25, 0.3) is 11.7 Å². The molecule has 10 heteroatoms. The molecule has 0 saturated carbocycles. The van der Waals surface area contributed by atoms with Gasteiger partial charge >= 0.3 is 0 Å². The van der Waals surface area contributed by atoms with Crippen LogP contribution in [0.4, 0.5) is 5.82 Å². The van der Waals surface area contributed by atoms with Crippen LogP contribution in [0.15, 0.2) is 56.9 Å². The Morgan fingerprint density at radius 3 is 2.97 bits per heavy atom. The van der Waals surface area contributed by atoms with Crippen molar-refractivity contribution in [2.45, 2.75) is 25.5 Å². The Hall–Kier alpha value is -2.95. The van der Waals surface area contributed by atoms with Gasteiger partial charge in [-0.3, -0.25) is 18.9 Å². The summed E-state index contributed by atoms with van der Waals surface area (Å²) in [6.07, 6.45) is 6.71. The summed E-state index contributed by atoms with van der Waals surface area (Å²) in [5, 5.41) is 3.17. The largest absolute Gasteiger partial charge is 0.467 e. The summed E-state index contributed by atoms with van der Waals surface area (Å²) in [7, 11) is 0. The number of fused-ring (bicyclic) bond motifs is 1. The lowest BCUT2D eigenvalue weighted by atomic mass is 10.2. The number of thioether (sulfide) groups is 1. The maximum absolute atomic E-state index is 13.3. The first-order valence-electron chi connectivity index (χ1n) is 10.2. The highest BCUT2D eigenvalue weighted by molar-refractivity contribution is 8.26. The molecular formula is C22H20N4O4S2. The molecule has 1 atom stereocenters. The van der Waals surface area contributed by atoms with Crippen LogP contribution in [0.1, 0.15) is 24.2 Å². The number of aromatic nitrogens is 2. The molecular weight excluding hydrogens is 448 g/mol. The number of hydrogen-bond acceptors (Lipinski definition) is 8. The fourth-order valence-electron chi connectivity index (χ4n) is 3.73. The van der Waals surface area contributed by atoms with E-state index in [2.05, 4.69) is 10.3 Å². The third-order valence-electron chi connectivity index (χ3n) is 5.34. The first-order chi connectivity index (χ1) is 15.6. The standard InChI is InChI=1S/C22H20N4O4S2/c27-20-16(11-17-21(28)26(22(31)32-17)13-15-6-4-10-30-15)19(23-12-14-5-3-9-29-14)24-18-7-1-2-8-25(18)20/h1-3,5,7-9,11,15,23H,4,6,10,12-13H2. The number of ether oxygens (including phenoxy) is 1. The van der Waals surface area contributed by atoms with Crippen LogP contribution in [0.3, 0.4) is 0 Å². The second-order valence-electron chi connectivity index (χ2n) is 7.47. The minimum absolute atomic E-state index is 0.00432. The quantitative estimate of drug-likeness (QED) is 0.436. The number of amides is 1. The molecule has 164 valence electrons. The van der Waals surface area contributed by atoms with E-state index in [0.717, 1.165) is 12.8 Å². The van der Waals surface area contributed by atoms with Gasteiger partial charge < -0.3 is 14.5 Å². The third-order valence-corrected chi connectivity index (χ3v) is 6.72. The van der Waals surface area contributed by atoms with Crippen molar-refractivity contribution >= 4 is 51.7 Å². The summed E-state index contributed by atoms with van der Waals surface area (Å²) in [6, 6.07) is 8.95. The molecule has 0 aliphatic carbocycles. The molecule has 1 amide bonds. The summed E-state index contributed by atoms with van der Waals surface area (Å²) < 4.78 is 12.9. The topological polar surface area (TPSA) is 89.1 Å². The van der Waals surface area contributed by atoms with Gasteiger partial charge in [-0.2, -0.15) is 0 Å².